The third-order valence-corrected chi connectivity index (χ3v) is 4.14. The third-order valence-electron chi connectivity index (χ3n) is 4.14. The maximum atomic E-state index is 12.4. The van der Waals surface area contributed by atoms with E-state index in [1.807, 2.05) is 37.3 Å². The Balaban J connectivity index is 2.79. The highest BCUT2D eigenvalue weighted by atomic mass is 16.5. The highest BCUT2D eigenvalue weighted by molar-refractivity contribution is 6.01. The topological polar surface area (TPSA) is 62.1 Å². The standard InChI is InChI=1S/C21H30N2O2/c1-4-7-10-17(6-3)16-23-21(24)19(15-22)14-18-11-8-9-12-20(18)25-13-5-2/h8-9,11-12,14,17H,4-7,10,13,16H2,1-3H3,(H,23,24)/b19-14+. The van der Waals surface area contributed by atoms with Crippen LogP contribution in [-0.4, -0.2) is 19.1 Å². The van der Waals surface area contributed by atoms with Crippen LogP contribution in [0.5, 0.6) is 5.75 Å². The van der Waals surface area contributed by atoms with Gasteiger partial charge >= 0.3 is 0 Å². The molecule has 1 rings (SSSR count). The van der Waals surface area contributed by atoms with Crippen molar-refractivity contribution in [2.75, 3.05) is 13.2 Å². The van der Waals surface area contributed by atoms with Crippen molar-refractivity contribution in [2.24, 2.45) is 5.92 Å². The zero-order chi connectivity index (χ0) is 18.5. The SMILES string of the molecule is CCCCC(CC)CNC(=O)/C(C#N)=C/c1ccccc1OCCC. The number of ether oxygens (including phenoxy) is 1. The van der Waals surface area contributed by atoms with Crippen molar-refractivity contribution in [3.05, 3.63) is 35.4 Å². The van der Waals surface area contributed by atoms with Crippen LogP contribution in [0.15, 0.2) is 29.8 Å². The number of nitriles is 1. The van der Waals surface area contributed by atoms with E-state index in [0.717, 1.165) is 37.7 Å². The predicted octanol–water partition coefficient (Wildman–Crippen LogP) is 4.71. The molecule has 0 fully saturated rings. The molecule has 0 saturated carbocycles. The van der Waals surface area contributed by atoms with Gasteiger partial charge in [-0.3, -0.25) is 4.79 Å². The Bertz CT molecular complexity index is 602. The molecule has 0 aromatic heterocycles. The lowest BCUT2D eigenvalue weighted by molar-refractivity contribution is -0.117. The molecular formula is C21H30N2O2. The Hall–Kier alpha value is -2.28. The summed E-state index contributed by atoms with van der Waals surface area (Å²) >= 11 is 0. The molecule has 1 N–H and O–H groups in total. The highest BCUT2D eigenvalue weighted by Crippen LogP contribution is 2.21. The Morgan fingerprint density at radius 2 is 2.04 bits per heavy atom. The lowest BCUT2D eigenvalue weighted by atomic mass is 9.99. The maximum absolute atomic E-state index is 12.4. The number of rotatable bonds is 11. The van der Waals surface area contributed by atoms with Crippen LogP contribution in [0.3, 0.4) is 0 Å². The van der Waals surface area contributed by atoms with E-state index in [0.29, 0.717) is 24.8 Å². The number of nitrogens with zero attached hydrogens (tertiary/aromatic N) is 1. The van der Waals surface area contributed by atoms with E-state index in [1.54, 1.807) is 6.08 Å². The van der Waals surface area contributed by atoms with Crippen LogP contribution in [-0.2, 0) is 4.79 Å². The minimum Gasteiger partial charge on any atom is -0.493 e. The summed E-state index contributed by atoms with van der Waals surface area (Å²) in [5.74, 6) is 0.839. The Morgan fingerprint density at radius 1 is 1.28 bits per heavy atom. The zero-order valence-electron chi connectivity index (χ0n) is 15.7. The van der Waals surface area contributed by atoms with Gasteiger partial charge in [-0.1, -0.05) is 58.2 Å². The van der Waals surface area contributed by atoms with Crippen LogP contribution in [0.1, 0.15) is 58.4 Å². The van der Waals surface area contributed by atoms with Gasteiger partial charge in [-0.2, -0.15) is 5.26 Å². The van der Waals surface area contributed by atoms with Crippen molar-refractivity contribution in [1.29, 1.82) is 5.26 Å². The van der Waals surface area contributed by atoms with Crippen molar-refractivity contribution in [3.8, 4) is 11.8 Å². The Morgan fingerprint density at radius 3 is 2.68 bits per heavy atom. The molecule has 4 nitrogen and oxygen atoms in total. The maximum Gasteiger partial charge on any atom is 0.261 e. The fraction of sp³-hybridized carbons (Fsp3) is 0.524. The van der Waals surface area contributed by atoms with Crippen LogP contribution in [0.2, 0.25) is 0 Å². The molecular weight excluding hydrogens is 312 g/mol. The van der Waals surface area contributed by atoms with Gasteiger partial charge in [0.15, 0.2) is 0 Å². The first kappa shape index (κ1) is 20.8. The van der Waals surface area contributed by atoms with Crippen LogP contribution in [0.4, 0.5) is 0 Å². The van der Waals surface area contributed by atoms with Gasteiger partial charge in [0.1, 0.15) is 17.4 Å². The fourth-order valence-electron chi connectivity index (χ4n) is 2.52. The molecule has 0 spiro atoms. The van der Waals surface area contributed by atoms with Gasteiger partial charge in [-0.25, -0.2) is 0 Å². The molecule has 1 amide bonds. The minimum absolute atomic E-state index is 0.109. The van der Waals surface area contributed by atoms with Gasteiger partial charge in [-0.05, 0) is 30.9 Å². The second-order valence-electron chi connectivity index (χ2n) is 6.18. The van der Waals surface area contributed by atoms with Gasteiger partial charge in [0.2, 0.25) is 0 Å². The molecule has 25 heavy (non-hydrogen) atoms. The van der Waals surface area contributed by atoms with E-state index < -0.39 is 0 Å². The molecule has 0 aliphatic rings. The van der Waals surface area contributed by atoms with Gasteiger partial charge < -0.3 is 10.1 Å². The van der Waals surface area contributed by atoms with E-state index in [9.17, 15) is 10.1 Å². The van der Waals surface area contributed by atoms with Gasteiger partial charge in [0, 0.05) is 12.1 Å². The summed E-state index contributed by atoms with van der Waals surface area (Å²) in [5, 5.41) is 12.3. The lowest BCUT2D eigenvalue weighted by Crippen LogP contribution is -2.30. The van der Waals surface area contributed by atoms with Crippen molar-refractivity contribution in [1.82, 2.24) is 5.32 Å². The molecule has 0 aliphatic heterocycles. The monoisotopic (exact) mass is 342 g/mol. The number of hydrogen-bond acceptors (Lipinski definition) is 3. The number of unbranched alkanes of at least 4 members (excludes halogenated alkanes) is 1. The van der Waals surface area contributed by atoms with Gasteiger partial charge in [-0.15, -0.1) is 0 Å². The average molecular weight is 342 g/mol. The molecule has 1 aromatic rings. The number of nitrogens with one attached hydrogen (secondary N) is 1. The normalized spacial score (nSPS) is 12.3. The molecule has 1 unspecified atom stereocenters. The largest absolute Gasteiger partial charge is 0.493 e. The van der Waals surface area contributed by atoms with E-state index in [1.165, 1.54) is 0 Å². The van der Waals surface area contributed by atoms with E-state index in [4.69, 9.17) is 4.74 Å². The molecule has 0 heterocycles. The molecule has 136 valence electrons. The summed E-state index contributed by atoms with van der Waals surface area (Å²) < 4.78 is 5.69. The number of benzene rings is 1. The number of para-hydroxylation sites is 1. The average Bonchev–Trinajstić information content (AvgIpc) is 2.65. The quantitative estimate of drug-likeness (QED) is 0.468. The first-order valence-electron chi connectivity index (χ1n) is 9.27. The molecule has 0 bridgehead atoms. The fourth-order valence-corrected chi connectivity index (χ4v) is 2.52. The summed E-state index contributed by atoms with van der Waals surface area (Å²) in [7, 11) is 0. The first-order chi connectivity index (χ1) is 12.2. The third kappa shape index (κ3) is 7.43. The Kier molecular flexibility index (Phi) is 10.1. The minimum atomic E-state index is -0.317. The van der Waals surface area contributed by atoms with Crippen LogP contribution >= 0.6 is 0 Å². The summed E-state index contributed by atoms with van der Waals surface area (Å²) in [5.41, 5.74) is 0.860. The smallest absolute Gasteiger partial charge is 0.261 e. The number of amides is 1. The summed E-state index contributed by atoms with van der Waals surface area (Å²) in [6.45, 7) is 7.56. The summed E-state index contributed by atoms with van der Waals surface area (Å²) in [6, 6.07) is 9.47. The van der Waals surface area contributed by atoms with Crippen molar-refractivity contribution >= 4 is 12.0 Å². The van der Waals surface area contributed by atoms with Crippen LogP contribution < -0.4 is 10.1 Å². The second kappa shape index (κ2) is 12.1. The molecule has 0 aliphatic carbocycles. The van der Waals surface area contributed by atoms with Gasteiger partial charge in [0.05, 0.1) is 6.61 Å². The van der Waals surface area contributed by atoms with Crippen molar-refractivity contribution in [3.63, 3.8) is 0 Å². The first-order valence-corrected chi connectivity index (χ1v) is 9.27. The highest BCUT2D eigenvalue weighted by Gasteiger charge is 2.13. The summed E-state index contributed by atoms with van der Waals surface area (Å²) in [6.07, 6.45) is 6.96. The molecule has 1 atom stereocenters. The molecule has 4 heteroatoms. The Labute approximate surface area is 151 Å². The number of hydrogen-bond donors (Lipinski definition) is 1. The molecule has 0 radical (unpaired) electrons. The van der Waals surface area contributed by atoms with E-state index in [2.05, 4.69) is 19.2 Å². The van der Waals surface area contributed by atoms with Gasteiger partial charge in [0.25, 0.3) is 5.91 Å². The lowest BCUT2D eigenvalue weighted by Gasteiger charge is -2.15. The second-order valence-corrected chi connectivity index (χ2v) is 6.18. The van der Waals surface area contributed by atoms with Crippen LogP contribution in [0.25, 0.3) is 6.08 Å². The number of carbonyl (C=O) groups is 1. The van der Waals surface area contributed by atoms with E-state index in [-0.39, 0.29) is 11.5 Å². The van der Waals surface area contributed by atoms with E-state index >= 15 is 0 Å². The molecule has 1 aromatic carbocycles. The number of carbonyl (C=O) groups excluding carboxylic acids is 1. The summed E-state index contributed by atoms with van der Waals surface area (Å²) in [4.78, 5) is 12.4. The zero-order valence-corrected chi connectivity index (χ0v) is 15.7. The molecule has 0 saturated heterocycles. The van der Waals surface area contributed by atoms with Crippen molar-refractivity contribution in [2.45, 2.75) is 52.9 Å². The van der Waals surface area contributed by atoms with Crippen molar-refractivity contribution < 1.29 is 9.53 Å². The van der Waals surface area contributed by atoms with Crippen LogP contribution in [0, 0.1) is 17.2 Å². The predicted molar refractivity (Wildman–Crippen MR) is 102 cm³/mol.